The van der Waals surface area contributed by atoms with Crippen molar-refractivity contribution in [3.63, 3.8) is 0 Å². The topological polar surface area (TPSA) is 140 Å². The van der Waals surface area contributed by atoms with Crippen LogP contribution in [0.2, 0.25) is 5.02 Å². The normalized spacial score (nSPS) is 18.4. The third-order valence-electron chi connectivity index (χ3n) is 7.27. The van der Waals surface area contributed by atoms with Crippen LogP contribution in [-0.4, -0.2) is 27.6 Å². The number of nitrogens with two attached hydrogens (primary N) is 1. The van der Waals surface area contributed by atoms with Gasteiger partial charge in [0.2, 0.25) is 0 Å². The van der Waals surface area contributed by atoms with Gasteiger partial charge in [0, 0.05) is 34.0 Å². The van der Waals surface area contributed by atoms with Crippen LogP contribution in [-0.2, 0) is 11.3 Å². The van der Waals surface area contributed by atoms with Crippen molar-refractivity contribution < 1.29 is 14.5 Å². The first kappa shape index (κ1) is 27.0. The summed E-state index contributed by atoms with van der Waals surface area (Å²) in [6, 6.07) is 14.8. The van der Waals surface area contributed by atoms with Crippen LogP contribution in [0.4, 0.5) is 11.4 Å². The Morgan fingerprint density at radius 2 is 1.98 bits per heavy atom. The van der Waals surface area contributed by atoms with E-state index in [4.69, 9.17) is 22.1 Å². The Balaban J connectivity index is 1.67. The molecule has 0 amide bonds. The van der Waals surface area contributed by atoms with E-state index in [1.165, 1.54) is 24.2 Å². The van der Waals surface area contributed by atoms with E-state index in [0.717, 1.165) is 5.70 Å². The summed E-state index contributed by atoms with van der Waals surface area (Å²) in [7, 11) is 1.53. The lowest BCUT2D eigenvalue weighted by Crippen LogP contribution is -2.42. The highest BCUT2D eigenvalue weighted by Crippen LogP contribution is 2.50. The Morgan fingerprint density at radius 1 is 1.25 bits per heavy atom. The van der Waals surface area contributed by atoms with Gasteiger partial charge in [-0.25, -0.2) is 0 Å². The minimum absolute atomic E-state index is 0.0458. The smallest absolute Gasteiger partial charge is 0.307 e. The van der Waals surface area contributed by atoms with Crippen LogP contribution in [0.25, 0.3) is 0 Å². The van der Waals surface area contributed by atoms with E-state index in [1.54, 1.807) is 23.1 Å². The number of aromatic nitrogens is 2. The van der Waals surface area contributed by atoms with Crippen molar-refractivity contribution in [2.24, 2.45) is 11.1 Å². The molecule has 2 aliphatic rings. The molecule has 0 spiro atoms. The van der Waals surface area contributed by atoms with Crippen LogP contribution in [0.1, 0.15) is 43.7 Å². The Kier molecular flexibility index (Phi) is 6.85. The number of nitro groups is 1. The van der Waals surface area contributed by atoms with Crippen LogP contribution in [0.15, 0.2) is 77.5 Å². The van der Waals surface area contributed by atoms with Gasteiger partial charge in [0.25, 0.3) is 0 Å². The van der Waals surface area contributed by atoms with E-state index >= 15 is 0 Å². The first-order valence-electron chi connectivity index (χ1n) is 12.6. The molecule has 40 heavy (non-hydrogen) atoms. The molecule has 2 N–H and O–H groups in total. The summed E-state index contributed by atoms with van der Waals surface area (Å²) in [5, 5.41) is 26.2. The van der Waals surface area contributed by atoms with Gasteiger partial charge in [0.15, 0.2) is 5.78 Å². The van der Waals surface area contributed by atoms with Gasteiger partial charge in [0.1, 0.15) is 24.0 Å². The molecular weight excluding hydrogens is 532 g/mol. The fourth-order valence-corrected chi connectivity index (χ4v) is 5.66. The largest absolute Gasteiger partial charge is 0.496 e. The number of anilines is 1. The molecule has 1 aliphatic carbocycles. The lowest BCUT2D eigenvalue weighted by atomic mass is 9.68. The number of methoxy groups -OCH3 is 1. The van der Waals surface area contributed by atoms with Gasteiger partial charge >= 0.3 is 5.69 Å². The highest BCUT2D eigenvalue weighted by atomic mass is 35.5. The van der Waals surface area contributed by atoms with Gasteiger partial charge in [-0.1, -0.05) is 31.5 Å². The van der Waals surface area contributed by atoms with E-state index in [2.05, 4.69) is 11.2 Å². The monoisotopic (exact) mass is 558 g/mol. The summed E-state index contributed by atoms with van der Waals surface area (Å²) >= 11 is 6.14. The molecule has 3 aromatic rings. The zero-order chi connectivity index (χ0) is 28.8. The summed E-state index contributed by atoms with van der Waals surface area (Å²) in [6.45, 7) is 4.26. The van der Waals surface area contributed by atoms with Crippen molar-refractivity contribution in [2.75, 3.05) is 12.0 Å². The third kappa shape index (κ3) is 4.80. The molecule has 204 valence electrons. The number of nitrogens with zero attached hydrogens (tertiary/aromatic N) is 5. The maximum Gasteiger partial charge on any atom is 0.307 e. The Morgan fingerprint density at radius 3 is 2.60 bits per heavy atom. The molecule has 1 aromatic heterocycles. The third-order valence-corrected chi connectivity index (χ3v) is 7.52. The van der Waals surface area contributed by atoms with Crippen LogP contribution in [0.3, 0.4) is 0 Å². The first-order chi connectivity index (χ1) is 19.0. The van der Waals surface area contributed by atoms with Crippen LogP contribution >= 0.6 is 11.6 Å². The molecule has 0 fully saturated rings. The Bertz CT molecular complexity index is 1630. The summed E-state index contributed by atoms with van der Waals surface area (Å²) in [5.41, 5.74) is 9.91. The second-order valence-corrected chi connectivity index (χ2v) is 11.1. The van der Waals surface area contributed by atoms with E-state index in [1.807, 2.05) is 38.1 Å². The number of halogens is 1. The number of carbonyl (C=O) groups excluding carboxylic acids is 1. The van der Waals surface area contributed by atoms with Gasteiger partial charge in [-0.2, -0.15) is 10.4 Å². The lowest BCUT2D eigenvalue weighted by molar-refractivity contribution is -0.385. The number of rotatable bonds is 6. The quantitative estimate of drug-likeness (QED) is 0.311. The van der Waals surface area contributed by atoms with Gasteiger partial charge in [-0.15, -0.1) is 0 Å². The SMILES string of the molecule is COc1ccc([C@H]2C(C#N)=C(N)N(c3ccc(Cl)cc3)C3=C2C(=O)CC(C)(C)C3)cc1Cn1cc([N+](=O)[O-])cn1. The summed E-state index contributed by atoms with van der Waals surface area (Å²) in [5.74, 6) is 0.0553. The van der Waals surface area contributed by atoms with Crippen LogP contribution in [0, 0.1) is 26.9 Å². The molecule has 0 bridgehead atoms. The Hall–Kier alpha value is -4.62. The average molecular weight is 559 g/mol. The predicted octanol–water partition coefficient (Wildman–Crippen LogP) is 5.44. The maximum atomic E-state index is 13.8. The zero-order valence-corrected chi connectivity index (χ0v) is 23.0. The van der Waals surface area contributed by atoms with Gasteiger partial charge in [0.05, 0.1) is 36.1 Å². The number of hydrogen-bond donors (Lipinski definition) is 1. The number of benzene rings is 2. The first-order valence-corrected chi connectivity index (χ1v) is 13.0. The molecule has 0 saturated carbocycles. The molecule has 2 heterocycles. The zero-order valence-electron chi connectivity index (χ0n) is 22.2. The van der Waals surface area contributed by atoms with E-state index in [0.29, 0.717) is 46.0 Å². The average Bonchev–Trinajstić information content (AvgIpc) is 3.37. The fraction of sp³-hybridized carbons (Fsp3) is 0.276. The van der Waals surface area contributed by atoms with E-state index in [9.17, 15) is 20.2 Å². The van der Waals surface area contributed by atoms with E-state index in [-0.39, 0.29) is 34.8 Å². The minimum atomic E-state index is -0.691. The standard InChI is InChI=1S/C29H27ClN6O4/c1-29(2)11-23-27(24(37)12-29)26(22(13-31)28(32)35(23)20-7-5-19(30)6-8-20)17-4-9-25(40-3)18(10-17)15-34-16-21(14-33-34)36(38)39/h4-10,14,16,26H,11-12,15,32H2,1-3H3/t26-/m0/s1. The highest BCUT2D eigenvalue weighted by molar-refractivity contribution is 6.30. The number of allylic oxidation sites excluding steroid dienone is 3. The predicted molar refractivity (Wildman–Crippen MR) is 150 cm³/mol. The molecule has 0 saturated heterocycles. The summed E-state index contributed by atoms with van der Waals surface area (Å²) in [6.07, 6.45) is 3.42. The van der Waals surface area contributed by atoms with Crippen molar-refractivity contribution in [1.82, 2.24) is 9.78 Å². The van der Waals surface area contributed by atoms with Gasteiger partial charge < -0.3 is 10.5 Å². The molecule has 0 radical (unpaired) electrons. The second-order valence-electron chi connectivity index (χ2n) is 10.7. The maximum absolute atomic E-state index is 13.8. The van der Waals surface area contributed by atoms with Crippen LogP contribution < -0.4 is 15.4 Å². The minimum Gasteiger partial charge on any atom is -0.496 e. The number of hydrogen-bond acceptors (Lipinski definition) is 8. The number of ketones is 1. The molecule has 5 rings (SSSR count). The van der Waals surface area contributed by atoms with Gasteiger partial charge in [-0.05, 0) is 53.8 Å². The lowest BCUT2D eigenvalue weighted by Gasteiger charge is -2.43. The number of nitriles is 1. The Labute approximate surface area is 236 Å². The molecule has 11 heteroatoms. The fourth-order valence-electron chi connectivity index (χ4n) is 5.54. The molecule has 10 nitrogen and oxygen atoms in total. The van der Waals surface area contributed by atoms with Crippen molar-refractivity contribution in [3.8, 4) is 11.8 Å². The second kappa shape index (κ2) is 10.2. The molecular formula is C29H27ClN6O4. The van der Waals surface area contributed by atoms with Crippen LogP contribution in [0.5, 0.6) is 5.75 Å². The van der Waals surface area contributed by atoms with Gasteiger partial charge in [-0.3, -0.25) is 24.5 Å². The van der Waals surface area contributed by atoms with Crippen molar-refractivity contribution in [1.29, 1.82) is 5.26 Å². The molecule has 0 unspecified atom stereocenters. The number of carbonyl (C=O) groups is 1. The van der Waals surface area contributed by atoms with Crippen molar-refractivity contribution >= 4 is 28.8 Å². The highest BCUT2D eigenvalue weighted by Gasteiger charge is 2.44. The van der Waals surface area contributed by atoms with Crippen molar-refractivity contribution in [3.05, 3.63) is 104 Å². The summed E-state index contributed by atoms with van der Waals surface area (Å²) < 4.78 is 7.00. The molecule has 1 aliphatic heterocycles. The number of Topliss-reactive ketones (excluding diaryl/α,β-unsaturated/α-hetero) is 1. The molecule has 1 atom stereocenters. The number of ether oxygens (including phenoxy) is 1. The molecule has 2 aromatic carbocycles. The summed E-state index contributed by atoms with van der Waals surface area (Å²) in [4.78, 5) is 26.2. The van der Waals surface area contributed by atoms with E-state index < -0.39 is 10.8 Å². The van der Waals surface area contributed by atoms with Crippen molar-refractivity contribution in [2.45, 2.75) is 39.2 Å².